The molecule has 0 aliphatic carbocycles. The Morgan fingerprint density at radius 3 is 2.45 bits per heavy atom. The Bertz CT molecular complexity index is 364. The van der Waals surface area contributed by atoms with Crippen molar-refractivity contribution in [1.29, 1.82) is 0 Å². The number of guanidine groups is 1. The molecule has 0 fully saturated rings. The van der Waals surface area contributed by atoms with Gasteiger partial charge in [0.05, 0.1) is 0 Å². The van der Waals surface area contributed by atoms with Crippen LogP contribution in [-0.2, 0) is 9.53 Å². The third kappa shape index (κ3) is 8.97. The van der Waals surface area contributed by atoms with Gasteiger partial charge in [0.1, 0.15) is 11.6 Å². The van der Waals surface area contributed by atoms with Crippen LogP contribution in [0.25, 0.3) is 0 Å². The standard InChI is InChI=1S/C11H23N5O4/c1-11(2,3)20-10(19)15-7(8(17)18)5-4-6-14-9(12)16-13/h7H,4-6,13H2,1-3H3,(H,15,19)(H,17,18)(H3,12,14,16)/t7-/m0/s1. The summed E-state index contributed by atoms with van der Waals surface area (Å²) < 4.78 is 4.99. The molecule has 0 aromatic heterocycles. The number of hydrogen-bond donors (Lipinski definition) is 5. The molecule has 0 aromatic rings. The Morgan fingerprint density at radius 1 is 1.40 bits per heavy atom. The molecule has 0 aliphatic rings. The minimum Gasteiger partial charge on any atom is -0.480 e. The maximum Gasteiger partial charge on any atom is 0.408 e. The minimum absolute atomic E-state index is 0.0666. The van der Waals surface area contributed by atoms with Gasteiger partial charge in [0.25, 0.3) is 0 Å². The molecule has 0 aromatic carbocycles. The van der Waals surface area contributed by atoms with E-state index in [-0.39, 0.29) is 12.4 Å². The van der Waals surface area contributed by atoms with Crippen LogP contribution in [0.3, 0.4) is 0 Å². The lowest BCUT2D eigenvalue weighted by Crippen LogP contribution is -2.43. The van der Waals surface area contributed by atoms with E-state index < -0.39 is 23.7 Å². The van der Waals surface area contributed by atoms with Gasteiger partial charge in [-0.25, -0.2) is 15.4 Å². The fraction of sp³-hybridized carbons (Fsp3) is 0.727. The average Bonchev–Trinajstić information content (AvgIpc) is 2.29. The zero-order chi connectivity index (χ0) is 15.8. The largest absolute Gasteiger partial charge is 0.480 e. The average molecular weight is 289 g/mol. The van der Waals surface area contributed by atoms with E-state index in [1.165, 1.54) is 0 Å². The number of carboxylic acids is 1. The summed E-state index contributed by atoms with van der Waals surface area (Å²) in [6.07, 6.45) is -0.137. The topological polar surface area (TPSA) is 152 Å². The summed E-state index contributed by atoms with van der Waals surface area (Å²) in [5.41, 5.74) is 6.78. The molecule has 0 rings (SSSR count). The zero-order valence-electron chi connectivity index (χ0n) is 12.0. The number of hydrogen-bond acceptors (Lipinski definition) is 5. The summed E-state index contributed by atoms with van der Waals surface area (Å²) in [7, 11) is 0. The number of nitrogens with one attached hydrogen (secondary N) is 2. The van der Waals surface area contributed by atoms with Crippen LogP contribution in [0.15, 0.2) is 4.99 Å². The first-order chi connectivity index (χ1) is 9.15. The number of aliphatic carboxylic acids is 1. The summed E-state index contributed by atoms with van der Waals surface area (Å²) >= 11 is 0. The number of ether oxygens (including phenoxy) is 1. The van der Waals surface area contributed by atoms with Crippen molar-refractivity contribution >= 4 is 18.0 Å². The molecule has 0 unspecified atom stereocenters. The lowest BCUT2D eigenvalue weighted by Gasteiger charge is -2.21. The van der Waals surface area contributed by atoms with Crippen LogP contribution in [-0.4, -0.2) is 41.3 Å². The highest BCUT2D eigenvalue weighted by atomic mass is 16.6. The molecular formula is C11H23N5O4. The van der Waals surface area contributed by atoms with Gasteiger partial charge in [-0.1, -0.05) is 0 Å². The molecule has 0 aliphatic heterocycles. The van der Waals surface area contributed by atoms with Gasteiger partial charge in [-0.3, -0.25) is 10.4 Å². The first-order valence-electron chi connectivity index (χ1n) is 6.14. The summed E-state index contributed by atoms with van der Waals surface area (Å²) in [6, 6.07) is -1.04. The molecular weight excluding hydrogens is 266 g/mol. The molecule has 116 valence electrons. The maximum atomic E-state index is 11.5. The highest BCUT2D eigenvalue weighted by Gasteiger charge is 2.23. The van der Waals surface area contributed by atoms with Crippen LogP contribution < -0.4 is 22.3 Å². The van der Waals surface area contributed by atoms with Crippen molar-refractivity contribution in [2.24, 2.45) is 16.6 Å². The van der Waals surface area contributed by atoms with Crippen molar-refractivity contribution < 1.29 is 19.4 Å². The second kappa shape index (κ2) is 8.20. The molecule has 0 saturated heterocycles. The maximum absolute atomic E-state index is 11.5. The van der Waals surface area contributed by atoms with Gasteiger partial charge in [0.15, 0.2) is 0 Å². The van der Waals surface area contributed by atoms with Crippen molar-refractivity contribution in [3.8, 4) is 0 Å². The molecule has 9 heteroatoms. The van der Waals surface area contributed by atoms with Crippen LogP contribution in [0.1, 0.15) is 33.6 Å². The fourth-order valence-corrected chi connectivity index (χ4v) is 1.25. The van der Waals surface area contributed by atoms with Crippen molar-refractivity contribution in [3.63, 3.8) is 0 Å². The van der Waals surface area contributed by atoms with Gasteiger partial charge in [0, 0.05) is 6.54 Å². The van der Waals surface area contributed by atoms with Gasteiger partial charge in [-0.15, -0.1) is 0 Å². The van der Waals surface area contributed by atoms with Crippen molar-refractivity contribution in [1.82, 2.24) is 10.7 Å². The molecule has 0 spiro atoms. The Morgan fingerprint density at radius 2 is 2.00 bits per heavy atom. The molecule has 0 bridgehead atoms. The summed E-state index contributed by atoms with van der Waals surface area (Å²) in [6.45, 7) is 5.38. The van der Waals surface area contributed by atoms with Gasteiger partial charge in [0.2, 0.25) is 5.96 Å². The van der Waals surface area contributed by atoms with E-state index in [4.69, 9.17) is 21.4 Å². The monoisotopic (exact) mass is 289 g/mol. The highest BCUT2D eigenvalue weighted by Crippen LogP contribution is 2.07. The van der Waals surface area contributed by atoms with Gasteiger partial charge < -0.3 is 20.9 Å². The second-order valence-electron chi connectivity index (χ2n) is 5.09. The predicted octanol–water partition coefficient (Wildman–Crippen LogP) is -0.477. The molecule has 1 atom stereocenters. The highest BCUT2D eigenvalue weighted by molar-refractivity contribution is 5.80. The Kier molecular flexibility index (Phi) is 7.37. The number of hydrazine groups is 1. The minimum atomic E-state index is -1.13. The third-order valence-corrected chi connectivity index (χ3v) is 2.07. The van der Waals surface area contributed by atoms with E-state index in [9.17, 15) is 9.59 Å². The number of nitrogens with two attached hydrogens (primary N) is 2. The lowest BCUT2D eigenvalue weighted by atomic mass is 10.1. The second-order valence-corrected chi connectivity index (χ2v) is 5.09. The number of nitrogens with zero attached hydrogens (tertiary/aromatic N) is 1. The molecule has 0 heterocycles. The van der Waals surface area contributed by atoms with Crippen LogP contribution in [0.5, 0.6) is 0 Å². The number of carbonyl (C=O) groups excluding carboxylic acids is 1. The van der Waals surface area contributed by atoms with Gasteiger partial charge in [-0.2, -0.15) is 0 Å². The Hall–Kier alpha value is -2.03. The van der Waals surface area contributed by atoms with Crippen LogP contribution in [0.4, 0.5) is 4.79 Å². The van der Waals surface area contributed by atoms with Crippen molar-refractivity contribution in [2.45, 2.75) is 45.3 Å². The smallest absolute Gasteiger partial charge is 0.408 e. The molecule has 0 saturated carbocycles. The van der Waals surface area contributed by atoms with E-state index in [0.29, 0.717) is 13.0 Å². The molecule has 1 amide bonds. The summed E-state index contributed by atoms with van der Waals surface area (Å²) in [5, 5.41) is 11.3. The molecule has 20 heavy (non-hydrogen) atoms. The van der Waals surface area contributed by atoms with E-state index >= 15 is 0 Å². The molecule has 9 nitrogen and oxygen atoms in total. The Balaban J connectivity index is 4.25. The number of alkyl carbamates (subject to hydrolysis) is 1. The van der Waals surface area contributed by atoms with E-state index in [1.54, 1.807) is 20.8 Å². The quantitative estimate of drug-likeness (QED) is 0.145. The third-order valence-electron chi connectivity index (χ3n) is 2.07. The number of rotatable bonds is 6. The summed E-state index contributed by atoms with van der Waals surface area (Å²) in [5.74, 6) is 3.95. The first kappa shape index (κ1) is 18.0. The van der Waals surface area contributed by atoms with E-state index in [2.05, 4.69) is 15.7 Å². The van der Waals surface area contributed by atoms with E-state index in [1.807, 2.05) is 0 Å². The predicted molar refractivity (Wildman–Crippen MR) is 73.8 cm³/mol. The number of carboxylic acid groups (broad SMARTS) is 1. The van der Waals surface area contributed by atoms with Gasteiger partial charge >= 0.3 is 12.1 Å². The number of amides is 1. The number of aliphatic imine (C=N–C) groups is 1. The zero-order valence-corrected chi connectivity index (χ0v) is 12.0. The lowest BCUT2D eigenvalue weighted by molar-refractivity contribution is -0.139. The van der Waals surface area contributed by atoms with Gasteiger partial charge in [-0.05, 0) is 33.6 Å². The SMILES string of the molecule is CC(C)(C)OC(=O)N[C@@H](CCCN=C(N)NN)C(=O)O. The molecule has 7 N–H and O–H groups in total. The summed E-state index contributed by atoms with van der Waals surface area (Å²) in [4.78, 5) is 26.3. The van der Waals surface area contributed by atoms with E-state index in [0.717, 1.165) is 0 Å². The van der Waals surface area contributed by atoms with Crippen LogP contribution >= 0.6 is 0 Å². The number of carbonyl (C=O) groups is 2. The van der Waals surface area contributed by atoms with Crippen molar-refractivity contribution in [3.05, 3.63) is 0 Å². The molecule has 0 radical (unpaired) electrons. The van der Waals surface area contributed by atoms with Crippen LogP contribution in [0, 0.1) is 0 Å². The van der Waals surface area contributed by atoms with Crippen LogP contribution in [0.2, 0.25) is 0 Å². The fourth-order valence-electron chi connectivity index (χ4n) is 1.25. The van der Waals surface area contributed by atoms with Crippen molar-refractivity contribution in [2.75, 3.05) is 6.54 Å². The first-order valence-corrected chi connectivity index (χ1v) is 6.14. The Labute approximate surface area is 117 Å². The normalized spacial score (nSPS) is 13.5.